The van der Waals surface area contributed by atoms with Crippen LogP contribution in [0, 0.1) is 20.8 Å². The molecule has 3 aromatic rings. The van der Waals surface area contributed by atoms with Gasteiger partial charge in [0.2, 0.25) is 0 Å². The molecule has 0 aliphatic rings. The third kappa shape index (κ3) is 2.66. The summed E-state index contributed by atoms with van der Waals surface area (Å²) in [7, 11) is 1.85. The number of thiophene rings is 1. The summed E-state index contributed by atoms with van der Waals surface area (Å²) in [6, 6.07) is 8.28. The SMILES string of the molecule is Cc1cc(C)c2cc(C(=O)N(C)Cc3sccc3C)[nH]c2c1. The Balaban J connectivity index is 1.88. The van der Waals surface area contributed by atoms with Gasteiger partial charge >= 0.3 is 0 Å². The summed E-state index contributed by atoms with van der Waals surface area (Å²) in [6.45, 7) is 6.88. The minimum atomic E-state index is 0.0288. The first-order chi connectivity index (χ1) is 10.5. The number of aromatic amines is 1. The standard InChI is InChI=1S/C18H20N2OS/c1-11-7-13(3)14-9-16(19-15(14)8-11)18(21)20(4)10-17-12(2)5-6-22-17/h5-9,19H,10H2,1-4H3. The molecule has 0 saturated heterocycles. The zero-order valence-corrected chi connectivity index (χ0v) is 14.2. The molecule has 0 spiro atoms. The lowest BCUT2D eigenvalue weighted by atomic mass is 10.1. The van der Waals surface area contributed by atoms with Crippen molar-refractivity contribution >= 4 is 28.1 Å². The van der Waals surface area contributed by atoms with Crippen LogP contribution in [0.1, 0.15) is 32.1 Å². The van der Waals surface area contributed by atoms with Crippen molar-refractivity contribution in [3.8, 4) is 0 Å². The van der Waals surface area contributed by atoms with Crippen molar-refractivity contribution < 1.29 is 4.79 Å². The first-order valence-corrected chi connectivity index (χ1v) is 8.22. The minimum absolute atomic E-state index is 0.0288. The van der Waals surface area contributed by atoms with E-state index in [0.29, 0.717) is 12.2 Å². The van der Waals surface area contributed by atoms with Crippen LogP contribution in [0.4, 0.5) is 0 Å². The molecule has 2 aromatic heterocycles. The zero-order chi connectivity index (χ0) is 15.9. The second kappa shape index (κ2) is 5.61. The average molecular weight is 312 g/mol. The fourth-order valence-corrected chi connectivity index (χ4v) is 3.73. The molecule has 1 N–H and O–H groups in total. The number of amides is 1. The highest BCUT2D eigenvalue weighted by atomic mass is 32.1. The average Bonchev–Trinajstić information content (AvgIpc) is 3.05. The van der Waals surface area contributed by atoms with E-state index in [1.807, 2.05) is 13.1 Å². The molecule has 2 heterocycles. The predicted molar refractivity (Wildman–Crippen MR) is 92.6 cm³/mol. The largest absolute Gasteiger partial charge is 0.351 e. The van der Waals surface area contributed by atoms with E-state index in [-0.39, 0.29) is 5.91 Å². The Hall–Kier alpha value is -2.07. The molecule has 0 atom stereocenters. The lowest BCUT2D eigenvalue weighted by molar-refractivity contribution is 0.0781. The van der Waals surface area contributed by atoms with Crippen molar-refractivity contribution in [3.63, 3.8) is 0 Å². The van der Waals surface area contributed by atoms with Gasteiger partial charge < -0.3 is 9.88 Å². The molecule has 0 saturated carbocycles. The number of hydrogen-bond donors (Lipinski definition) is 1. The lowest BCUT2D eigenvalue weighted by Gasteiger charge is -2.15. The molecule has 0 radical (unpaired) electrons. The quantitative estimate of drug-likeness (QED) is 0.763. The van der Waals surface area contributed by atoms with Crippen LogP contribution in [0.5, 0.6) is 0 Å². The number of hydrogen-bond acceptors (Lipinski definition) is 2. The van der Waals surface area contributed by atoms with Gasteiger partial charge in [-0.05, 0) is 61.0 Å². The molecule has 114 valence electrons. The summed E-state index contributed by atoms with van der Waals surface area (Å²) in [4.78, 5) is 18.9. The molecule has 0 bridgehead atoms. The van der Waals surface area contributed by atoms with E-state index in [0.717, 1.165) is 10.9 Å². The van der Waals surface area contributed by atoms with Crippen LogP contribution in [0.3, 0.4) is 0 Å². The smallest absolute Gasteiger partial charge is 0.270 e. The summed E-state index contributed by atoms with van der Waals surface area (Å²) < 4.78 is 0. The first-order valence-electron chi connectivity index (χ1n) is 7.34. The van der Waals surface area contributed by atoms with Gasteiger partial charge in [-0.2, -0.15) is 0 Å². The van der Waals surface area contributed by atoms with E-state index in [2.05, 4.69) is 49.3 Å². The number of carbonyl (C=O) groups is 1. The van der Waals surface area contributed by atoms with E-state index in [1.54, 1.807) is 16.2 Å². The van der Waals surface area contributed by atoms with Crippen molar-refractivity contribution in [3.05, 3.63) is 56.9 Å². The Morgan fingerprint density at radius 3 is 2.64 bits per heavy atom. The molecule has 0 aliphatic heterocycles. The normalized spacial score (nSPS) is 11.1. The van der Waals surface area contributed by atoms with Crippen LogP contribution >= 0.6 is 11.3 Å². The lowest BCUT2D eigenvalue weighted by Crippen LogP contribution is -2.26. The second-order valence-corrected chi connectivity index (χ2v) is 6.91. The molecule has 0 fully saturated rings. The summed E-state index contributed by atoms with van der Waals surface area (Å²) in [6.07, 6.45) is 0. The number of nitrogens with zero attached hydrogens (tertiary/aromatic N) is 1. The molecular formula is C18H20N2OS. The fraction of sp³-hybridized carbons (Fsp3) is 0.278. The van der Waals surface area contributed by atoms with Gasteiger partial charge in [0.05, 0.1) is 6.54 Å². The predicted octanol–water partition coefficient (Wildman–Crippen LogP) is 4.43. The maximum Gasteiger partial charge on any atom is 0.270 e. The molecule has 22 heavy (non-hydrogen) atoms. The summed E-state index contributed by atoms with van der Waals surface area (Å²) >= 11 is 1.70. The Morgan fingerprint density at radius 1 is 1.18 bits per heavy atom. The fourth-order valence-electron chi connectivity index (χ4n) is 2.77. The van der Waals surface area contributed by atoms with Crippen LogP contribution in [-0.4, -0.2) is 22.8 Å². The number of nitrogens with one attached hydrogen (secondary N) is 1. The van der Waals surface area contributed by atoms with Crippen molar-refractivity contribution in [2.75, 3.05) is 7.05 Å². The van der Waals surface area contributed by atoms with Crippen molar-refractivity contribution in [1.29, 1.82) is 0 Å². The second-order valence-electron chi connectivity index (χ2n) is 5.91. The van der Waals surface area contributed by atoms with Crippen LogP contribution in [-0.2, 0) is 6.54 Å². The zero-order valence-electron chi connectivity index (χ0n) is 13.4. The number of rotatable bonds is 3. The Bertz CT molecular complexity index is 844. The Labute approximate surface area is 134 Å². The van der Waals surface area contributed by atoms with E-state index in [1.165, 1.54) is 21.6 Å². The summed E-state index contributed by atoms with van der Waals surface area (Å²) in [5.41, 5.74) is 5.32. The molecule has 3 nitrogen and oxygen atoms in total. The molecule has 0 aliphatic carbocycles. The van der Waals surface area contributed by atoms with E-state index >= 15 is 0 Å². The number of H-pyrrole nitrogens is 1. The first kappa shape index (κ1) is 14.9. The summed E-state index contributed by atoms with van der Waals surface area (Å²) in [5.74, 6) is 0.0288. The highest BCUT2D eigenvalue weighted by Gasteiger charge is 2.16. The van der Waals surface area contributed by atoms with Gasteiger partial charge in [-0.3, -0.25) is 4.79 Å². The number of aromatic nitrogens is 1. The minimum Gasteiger partial charge on any atom is -0.351 e. The van der Waals surface area contributed by atoms with Crippen LogP contribution in [0.15, 0.2) is 29.6 Å². The van der Waals surface area contributed by atoms with Gasteiger partial charge in [-0.1, -0.05) is 6.07 Å². The molecule has 3 rings (SSSR count). The van der Waals surface area contributed by atoms with E-state index < -0.39 is 0 Å². The molecule has 4 heteroatoms. The van der Waals surface area contributed by atoms with Gasteiger partial charge in [0.25, 0.3) is 5.91 Å². The maximum atomic E-state index is 12.6. The summed E-state index contributed by atoms with van der Waals surface area (Å²) in [5, 5.41) is 3.19. The molecule has 1 amide bonds. The highest BCUT2D eigenvalue weighted by molar-refractivity contribution is 7.10. The van der Waals surface area contributed by atoms with Gasteiger partial charge in [-0.25, -0.2) is 0 Å². The third-order valence-corrected chi connectivity index (χ3v) is 5.02. The van der Waals surface area contributed by atoms with Crippen molar-refractivity contribution in [2.24, 2.45) is 0 Å². The van der Waals surface area contributed by atoms with E-state index in [9.17, 15) is 4.79 Å². The third-order valence-electron chi connectivity index (χ3n) is 4.02. The van der Waals surface area contributed by atoms with Crippen molar-refractivity contribution in [2.45, 2.75) is 27.3 Å². The topological polar surface area (TPSA) is 36.1 Å². The molecular weight excluding hydrogens is 292 g/mol. The van der Waals surface area contributed by atoms with E-state index in [4.69, 9.17) is 0 Å². The number of fused-ring (bicyclic) bond motifs is 1. The molecule has 1 aromatic carbocycles. The molecule has 0 unspecified atom stereocenters. The number of carbonyl (C=O) groups excluding carboxylic acids is 1. The van der Waals surface area contributed by atoms with Crippen LogP contribution < -0.4 is 0 Å². The van der Waals surface area contributed by atoms with Gasteiger partial charge in [0.15, 0.2) is 0 Å². The highest BCUT2D eigenvalue weighted by Crippen LogP contribution is 2.23. The van der Waals surface area contributed by atoms with Gasteiger partial charge in [0.1, 0.15) is 5.69 Å². The van der Waals surface area contributed by atoms with Crippen LogP contribution in [0.2, 0.25) is 0 Å². The van der Waals surface area contributed by atoms with Gasteiger partial charge in [-0.15, -0.1) is 11.3 Å². The Morgan fingerprint density at radius 2 is 1.95 bits per heavy atom. The number of benzene rings is 1. The maximum absolute atomic E-state index is 12.6. The monoisotopic (exact) mass is 312 g/mol. The van der Waals surface area contributed by atoms with Crippen molar-refractivity contribution in [1.82, 2.24) is 9.88 Å². The Kier molecular flexibility index (Phi) is 3.79. The van der Waals surface area contributed by atoms with Crippen LogP contribution in [0.25, 0.3) is 10.9 Å². The number of aryl methyl sites for hydroxylation is 3. The van der Waals surface area contributed by atoms with Gasteiger partial charge in [0, 0.05) is 22.8 Å².